The number of hydrogen-bond acceptors (Lipinski definition) is 4. The molecule has 1 aliphatic heterocycles. The van der Waals surface area contributed by atoms with Crippen LogP contribution in [0, 0.1) is 5.92 Å². The number of rotatable bonds is 4. The molecule has 0 spiro atoms. The topological polar surface area (TPSA) is 44.8 Å². The Labute approximate surface area is 77.5 Å². The Morgan fingerprint density at radius 1 is 1.54 bits per heavy atom. The van der Waals surface area contributed by atoms with Crippen molar-refractivity contribution in [1.29, 1.82) is 0 Å². The summed E-state index contributed by atoms with van der Waals surface area (Å²) in [6, 6.07) is 0. The normalized spacial score (nSPS) is 16.8. The van der Waals surface area contributed by atoms with E-state index in [9.17, 15) is 4.79 Å². The van der Waals surface area contributed by atoms with Crippen LogP contribution < -0.4 is 0 Å². The van der Waals surface area contributed by atoms with Crippen LogP contribution in [0.3, 0.4) is 0 Å². The van der Waals surface area contributed by atoms with Crippen molar-refractivity contribution in [3.05, 3.63) is 11.3 Å². The molecule has 0 fully saturated rings. The lowest BCUT2D eigenvalue weighted by Gasteiger charge is -2.07. The first-order valence-corrected chi connectivity index (χ1v) is 4.18. The van der Waals surface area contributed by atoms with E-state index in [1.165, 1.54) is 7.11 Å². The summed E-state index contributed by atoms with van der Waals surface area (Å²) in [6.07, 6.45) is 0. The van der Waals surface area contributed by atoms with Crippen LogP contribution in [0.2, 0.25) is 0 Å². The van der Waals surface area contributed by atoms with Crippen LogP contribution in [0.25, 0.3) is 0 Å². The molecule has 0 bridgehead atoms. The van der Waals surface area contributed by atoms with Crippen LogP contribution >= 0.6 is 0 Å². The van der Waals surface area contributed by atoms with Gasteiger partial charge in [0.05, 0.1) is 5.57 Å². The number of esters is 1. The van der Waals surface area contributed by atoms with Gasteiger partial charge in [-0.3, -0.25) is 0 Å². The highest BCUT2D eigenvalue weighted by Gasteiger charge is 2.28. The minimum Gasteiger partial charge on any atom is -0.468 e. The summed E-state index contributed by atoms with van der Waals surface area (Å²) in [4.78, 5) is 11.2. The van der Waals surface area contributed by atoms with Crippen molar-refractivity contribution >= 4 is 5.97 Å². The minimum atomic E-state index is -0.277. The quantitative estimate of drug-likeness (QED) is 0.486. The standard InChI is InChI=1S/C9H14O4/c1-6(2)8-7(13-5-11-3)4-12-9(8)10/h6H,4-5H2,1-3H3. The maximum atomic E-state index is 11.2. The molecule has 4 heteroatoms. The van der Waals surface area contributed by atoms with E-state index in [0.29, 0.717) is 11.3 Å². The van der Waals surface area contributed by atoms with Crippen molar-refractivity contribution in [3.63, 3.8) is 0 Å². The predicted octanol–water partition coefficient (Wildman–Crippen LogP) is 1.07. The lowest BCUT2D eigenvalue weighted by molar-refractivity contribution is -0.136. The van der Waals surface area contributed by atoms with E-state index in [1.54, 1.807) is 0 Å². The molecule has 0 aliphatic carbocycles. The summed E-state index contributed by atoms with van der Waals surface area (Å²) < 4.78 is 14.8. The Morgan fingerprint density at radius 2 is 2.23 bits per heavy atom. The van der Waals surface area contributed by atoms with E-state index in [2.05, 4.69) is 0 Å². The third-order valence-electron chi connectivity index (χ3n) is 1.78. The van der Waals surface area contributed by atoms with Crippen molar-refractivity contribution < 1.29 is 19.0 Å². The molecule has 0 N–H and O–H groups in total. The van der Waals surface area contributed by atoms with Gasteiger partial charge in [-0.25, -0.2) is 4.79 Å². The fraction of sp³-hybridized carbons (Fsp3) is 0.667. The Balaban J connectivity index is 2.71. The van der Waals surface area contributed by atoms with Crippen molar-refractivity contribution in [1.82, 2.24) is 0 Å². The molecule has 1 aliphatic rings. The molecule has 74 valence electrons. The van der Waals surface area contributed by atoms with Crippen molar-refractivity contribution in [3.8, 4) is 0 Å². The van der Waals surface area contributed by atoms with Crippen LogP contribution in [-0.4, -0.2) is 26.5 Å². The van der Waals surface area contributed by atoms with Gasteiger partial charge in [0, 0.05) is 7.11 Å². The zero-order valence-electron chi connectivity index (χ0n) is 8.12. The summed E-state index contributed by atoms with van der Waals surface area (Å²) in [6.45, 7) is 4.24. The van der Waals surface area contributed by atoms with Crippen LogP contribution in [0.15, 0.2) is 11.3 Å². The number of hydrogen-bond donors (Lipinski definition) is 0. The Kier molecular flexibility index (Phi) is 3.31. The molecule has 1 rings (SSSR count). The number of ether oxygens (including phenoxy) is 3. The van der Waals surface area contributed by atoms with Gasteiger partial charge in [-0.05, 0) is 5.92 Å². The van der Waals surface area contributed by atoms with Gasteiger partial charge >= 0.3 is 5.97 Å². The van der Waals surface area contributed by atoms with E-state index in [-0.39, 0.29) is 25.3 Å². The largest absolute Gasteiger partial charge is 0.468 e. The molecule has 0 unspecified atom stereocenters. The van der Waals surface area contributed by atoms with Gasteiger partial charge in [0.2, 0.25) is 0 Å². The smallest absolute Gasteiger partial charge is 0.338 e. The minimum absolute atomic E-state index is 0.127. The molecule has 0 amide bonds. The highest BCUT2D eigenvalue weighted by atomic mass is 16.7. The Bertz CT molecular complexity index is 230. The molecular formula is C9H14O4. The lowest BCUT2D eigenvalue weighted by atomic mass is 10.0. The van der Waals surface area contributed by atoms with Gasteiger partial charge in [0.25, 0.3) is 0 Å². The molecular weight excluding hydrogens is 172 g/mol. The second kappa shape index (κ2) is 4.28. The fourth-order valence-corrected chi connectivity index (χ4v) is 1.21. The monoisotopic (exact) mass is 186 g/mol. The molecule has 0 atom stereocenters. The number of methoxy groups -OCH3 is 1. The third kappa shape index (κ3) is 2.21. The number of cyclic esters (lactones) is 1. The number of carbonyl (C=O) groups is 1. The van der Waals surface area contributed by atoms with E-state index in [4.69, 9.17) is 14.2 Å². The predicted molar refractivity (Wildman–Crippen MR) is 45.8 cm³/mol. The first kappa shape index (κ1) is 10.1. The second-order valence-electron chi connectivity index (χ2n) is 3.12. The highest BCUT2D eigenvalue weighted by molar-refractivity contribution is 5.91. The highest BCUT2D eigenvalue weighted by Crippen LogP contribution is 2.23. The zero-order chi connectivity index (χ0) is 9.84. The third-order valence-corrected chi connectivity index (χ3v) is 1.78. The Morgan fingerprint density at radius 3 is 2.77 bits per heavy atom. The SMILES string of the molecule is COCOC1=C(C(C)C)C(=O)OC1. The van der Waals surface area contributed by atoms with Crippen molar-refractivity contribution in [2.45, 2.75) is 13.8 Å². The van der Waals surface area contributed by atoms with Gasteiger partial charge in [0.1, 0.15) is 12.4 Å². The zero-order valence-corrected chi connectivity index (χ0v) is 8.12. The van der Waals surface area contributed by atoms with E-state index < -0.39 is 0 Å². The summed E-state index contributed by atoms with van der Waals surface area (Å²) in [5.41, 5.74) is 0.622. The van der Waals surface area contributed by atoms with Gasteiger partial charge in [-0.2, -0.15) is 0 Å². The first-order chi connectivity index (χ1) is 6.16. The summed E-state index contributed by atoms with van der Waals surface area (Å²) in [5.74, 6) is 0.449. The molecule has 0 aromatic carbocycles. The van der Waals surface area contributed by atoms with Crippen molar-refractivity contribution in [2.24, 2.45) is 5.92 Å². The van der Waals surface area contributed by atoms with Gasteiger partial charge in [-0.1, -0.05) is 13.8 Å². The van der Waals surface area contributed by atoms with Crippen molar-refractivity contribution in [2.75, 3.05) is 20.5 Å². The molecule has 13 heavy (non-hydrogen) atoms. The number of carbonyl (C=O) groups excluding carboxylic acids is 1. The molecule has 0 radical (unpaired) electrons. The average molecular weight is 186 g/mol. The fourth-order valence-electron chi connectivity index (χ4n) is 1.21. The van der Waals surface area contributed by atoms with Crippen LogP contribution in [-0.2, 0) is 19.0 Å². The summed E-state index contributed by atoms with van der Waals surface area (Å²) in [5, 5.41) is 0. The maximum Gasteiger partial charge on any atom is 0.338 e. The van der Waals surface area contributed by atoms with E-state index in [1.807, 2.05) is 13.8 Å². The molecule has 0 aromatic rings. The van der Waals surface area contributed by atoms with E-state index in [0.717, 1.165) is 0 Å². The molecule has 0 saturated heterocycles. The van der Waals surface area contributed by atoms with Gasteiger partial charge in [-0.15, -0.1) is 0 Å². The van der Waals surface area contributed by atoms with Crippen LogP contribution in [0.5, 0.6) is 0 Å². The van der Waals surface area contributed by atoms with Gasteiger partial charge in [0.15, 0.2) is 6.79 Å². The van der Waals surface area contributed by atoms with Crippen LogP contribution in [0.1, 0.15) is 13.8 Å². The average Bonchev–Trinajstić information content (AvgIpc) is 2.43. The molecule has 1 heterocycles. The second-order valence-corrected chi connectivity index (χ2v) is 3.12. The first-order valence-electron chi connectivity index (χ1n) is 4.18. The molecule has 0 aromatic heterocycles. The maximum absolute atomic E-state index is 11.2. The Hall–Kier alpha value is -1.03. The summed E-state index contributed by atoms with van der Waals surface area (Å²) in [7, 11) is 1.53. The molecule has 4 nitrogen and oxygen atoms in total. The van der Waals surface area contributed by atoms with Gasteiger partial charge < -0.3 is 14.2 Å². The molecule has 0 saturated carbocycles. The van der Waals surface area contributed by atoms with Crippen LogP contribution in [0.4, 0.5) is 0 Å². The lowest BCUT2D eigenvalue weighted by Crippen LogP contribution is -2.06. The summed E-state index contributed by atoms with van der Waals surface area (Å²) >= 11 is 0. The van der Waals surface area contributed by atoms with E-state index >= 15 is 0 Å².